The summed E-state index contributed by atoms with van der Waals surface area (Å²) >= 11 is 0. The van der Waals surface area contributed by atoms with Gasteiger partial charge in [0.25, 0.3) is 5.91 Å². The zero-order valence-electron chi connectivity index (χ0n) is 14.9. The van der Waals surface area contributed by atoms with Crippen LogP contribution in [-0.2, 0) is 16.0 Å². The molecule has 0 saturated heterocycles. The Morgan fingerprint density at radius 2 is 1.72 bits per heavy atom. The highest BCUT2D eigenvalue weighted by Crippen LogP contribution is 2.20. The van der Waals surface area contributed by atoms with Gasteiger partial charge in [-0.2, -0.15) is 0 Å². The minimum atomic E-state index is -0.691. The number of nitrogens with one attached hydrogen (secondary N) is 1. The molecule has 0 heterocycles. The lowest BCUT2D eigenvalue weighted by atomic mass is 10.0. The molecule has 0 radical (unpaired) electrons. The maximum Gasteiger partial charge on any atom is 0.253 e. The summed E-state index contributed by atoms with van der Waals surface area (Å²) in [5.74, 6) is 0.809. The van der Waals surface area contributed by atoms with E-state index in [4.69, 9.17) is 9.47 Å². The second-order valence-electron chi connectivity index (χ2n) is 6.00. The summed E-state index contributed by atoms with van der Waals surface area (Å²) in [7, 11) is 3.14. The number of hydrogen-bond donors (Lipinski definition) is 2. The van der Waals surface area contributed by atoms with E-state index in [1.165, 1.54) is 12.7 Å². The van der Waals surface area contributed by atoms with Crippen LogP contribution in [0, 0.1) is 0 Å². The van der Waals surface area contributed by atoms with E-state index in [1.54, 1.807) is 31.4 Å². The van der Waals surface area contributed by atoms with Crippen LogP contribution in [0.4, 0.5) is 0 Å². The number of aryl methyl sites for hydroxylation is 1. The van der Waals surface area contributed by atoms with E-state index in [0.717, 1.165) is 18.6 Å². The number of ether oxygens (including phenoxy) is 2. The summed E-state index contributed by atoms with van der Waals surface area (Å²) in [5.41, 5.74) is 1.91. The number of aromatic hydroxyl groups is 1. The molecule has 0 aliphatic rings. The molecule has 0 fully saturated rings. The number of amides is 1. The molecule has 5 nitrogen and oxygen atoms in total. The van der Waals surface area contributed by atoms with E-state index in [1.807, 2.05) is 31.2 Å². The molecular formula is C20H25NO4. The van der Waals surface area contributed by atoms with Crippen LogP contribution in [0.5, 0.6) is 11.5 Å². The minimum Gasteiger partial charge on any atom is -0.508 e. The molecule has 5 heteroatoms. The fourth-order valence-corrected chi connectivity index (χ4v) is 2.61. The number of benzene rings is 2. The zero-order valence-corrected chi connectivity index (χ0v) is 14.9. The highest BCUT2D eigenvalue weighted by molar-refractivity contribution is 5.82. The summed E-state index contributed by atoms with van der Waals surface area (Å²) in [6, 6.07) is 14.4. The summed E-state index contributed by atoms with van der Waals surface area (Å²) in [6.45, 7) is 1.98. The van der Waals surface area contributed by atoms with Crippen molar-refractivity contribution in [2.24, 2.45) is 0 Å². The smallest absolute Gasteiger partial charge is 0.253 e. The first-order valence-corrected chi connectivity index (χ1v) is 8.28. The van der Waals surface area contributed by atoms with Crippen LogP contribution in [0.2, 0.25) is 0 Å². The first-order valence-electron chi connectivity index (χ1n) is 8.28. The Labute approximate surface area is 148 Å². The highest BCUT2D eigenvalue weighted by Gasteiger charge is 2.21. The number of rotatable bonds is 8. The van der Waals surface area contributed by atoms with Crippen LogP contribution in [-0.4, -0.2) is 31.3 Å². The largest absolute Gasteiger partial charge is 0.508 e. The Kier molecular flexibility index (Phi) is 6.83. The van der Waals surface area contributed by atoms with E-state index in [9.17, 15) is 9.90 Å². The zero-order chi connectivity index (χ0) is 18.2. The maximum atomic E-state index is 12.4. The molecule has 0 aliphatic heterocycles. The molecule has 0 aromatic heterocycles. The van der Waals surface area contributed by atoms with Gasteiger partial charge in [-0.1, -0.05) is 24.3 Å². The Morgan fingerprint density at radius 3 is 2.28 bits per heavy atom. The van der Waals surface area contributed by atoms with Gasteiger partial charge in [0.15, 0.2) is 6.10 Å². The average molecular weight is 343 g/mol. The van der Waals surface area contributed by atoms with Crippen LogP contribution in [0.15, 0.2) is 48.5 Å². The Morgan fingerprint density at radius 1 is 1.08 bits per heavy atom. The number of phenolic OH excluding ortho intramolecular Hbond substituents is 1. The van der Waals surface area contributed by atoms with Crippen LogP contribution < -0.4 is 10.1 Å². The fourth-order valence-electron chi connectivity index (χ4n) is 2.61. The SMILES string of the molecule is COc1ccc(CC[C@H](C)NC(=O)[C@@H](OC)c2ccc(O)cc2)cc1. The first kappa shape index (κ1) is 18.8. The molecule has 0 spiro atoms. The second-order valence-corrected chi connectivity index (χ2v) is 6.00. The Balaban J connectivity index is 1.88. The van der Waals surface area contributed by atoms with Gasteiger partial charge in [0, 0.05) is 13.2 Å². The van der Waals surface area contributed by atoms with Gasteiger partial charge >= 0.3 is 0 Å². The van der Waals surface area contributed by atoms with Gasteiger partial charge < -0.3 is 19.9 Å². The van der Waals surface area contributed by atoms with Crippen molar-refractivity contribution in [3.8, 4) is 11.5 Å². The number of methoxy groups -OCH3 is 2. The molecule has 2 aromatic rings. The quantitative estimate of drug-likeness (QED) is 0.772. The number of hydrogen-bond acceptors (Lipinski definition) is 4. The lowest BCUT2D eigenvalue weighted by molar-refractivity contribution is -0.132. The Bertz CT molecular complexity index is 667. The van der Waals surface area contributed by atoms with Crippen molar-refractivity contribution in [1.29, 1.82) is 0 Å². The van der Waals surface area contributed by atoms with Crippen LogP contribution in [0.25, 0.3) is 0 Å². The van der Waals surface area contributed by atoms with Gasteiger partial charge in [-0.15, -0.1) is 0 Å². The van der Waals surface area contributed by atoms with Crippen molar-refractivity contribution in [2.45, 2.75) is 31.9 Å². The van der Waals surface area contributed by atoms with E-state index < -0.39 is 6.10 Å². The van der Waals surface area contributed by atoms with Crippen LogP contribution in [0.3, 0.4) is 0 Å². The molecule has 2 N–H and O–H groups in total. The van der Waals surface area contributed by atoms with Crippen molar-refractivity contribution in [2.75, 3.05) is 14.2 Å². The van der Waals surface area contributed by atoms with Gasteiger partial charge in [-0.05, 0) is 55.2 Å². The molecule has 0 aliphatic carbocycles. The van der Waals surface area contributed by atoms with Gasteiger partial charge in [-0.3, -0.25) is 4.79 Å². The van der Waals surface area contributed by atoms with Gasteiger partial charge in [0.2, 0.25) is 0 Å². The fraction of sp³-hybridized carbons (Fsp3) is 0.350. The van der Waals surface area contributed by atoms with Crippen molar-refractivity contribution in [1.82, 2.24) is 5.32 Å². The minimum absolute atomic E-state index is 0.0179. The normalized spacial score (nSPS) is 13.1. The standard InChI is InChI=1S/C20H25NO4/c1-14(4-5-15-6-12-18(24-2)13-7-15)21-20(23)19(25-3)16-8-10-17(22)11-9-16/h6-14,19,22H,4-5H2,1-3H3,(H,21,23)/t14-,19-/m0/s1. The summed E-state index contributed by atoms with van der Waals surface area (Å²) in [6.07, 6.45) is 0.996. The van der Waals surface area contributed by atoms with E-state index >= 15 is 0 Å². The lowest BCUT2D eigenvalue weighted by Crippen LogP contribution is -2.37. The summed E-state index contributed by atoms with van der Waals surface area (Å²) in [4.78, 5) is 12.4. The molecular weight excluding hydrogens is 318 g/mol. The van der Waals surface area contributed by atoms with Gasteiger partial charge in [0.05, 0.1) is 7.11 Å². The van der Waals surface area contributed by atoms with Gasteiger partial charge in [0.1, 0.15) is 11.5 Å². The third-order valence-electron chi connectivity index (χ3n) is 4.08. The molecule has 2 atom stereocenters. The number of carbonyl (C=O) groups is 1. The van der Waals surface area contributed by atoms with Crippen LogP contribution in [0.1, 0.15) is 30.6 Å². The molecule has 2 rings (SSSR count). The topological polar surface area (TPSA) is 67.8 Å². The Hall–Kier alpha value is -2.53. The van der Waals surface area contributed by atoms with Crippen molar-refractivity contribution >= 4 is 5.91 Å². The molecule has 134 valence electrons. The molecule has 25 heavy (non-hydrogen) atoms. The average Bonchev–Trinajstić information content (AvgIpc) is 2.62. The molecule has 0 unspecified atom stereocenters. The summed E-state index contributed by atoms with van der Waals surface area (Å²) < 4.78 is 10.5. The molecule has 0 saturated carbocycles. The number of phenols is 1. The number of carbonyl (C=O) groups excluding carboxylic acids is 1. The highest BCUT2D eigenvalue weighted by atomic mass is 16.5. The monoisotopic (exact) mass is 343 g/mol. The molecule has 0 bridgehead atoms. The summed E-state index contributed by atoms with van der Waals surface area (Å²) in [5, 5.41) is 12.3. The lowest BCUT2D eigenvalue weighted by Gasteiger charge is -2.20. The van der Waals surface area contributed by atoms with E-state index in [0.29, 0.717) is 5.56 Å². The first-order chi connectivity index (χ1) is 12.0. The van der Waals surface area contributed by atoms with E-state index in [-0.39, 0.29) is 17.7 Å². The third-order valence-corrected chi connectivity index (χ3v) is 4.08. The predicted molar refractivity (Wildman–Crippen MR) is 96.8 cm³/mol. The van der Waals surface area contributed by atoms with Crippen molar-refractivity contribution < 1.29 is 19.4 Å². The van der Waals surface area contributed by atoms with E-state index in [2.05, 4.69) is 5.32 Å². The van der Waals surface area contributed by atoms with Gasteiger partial charge in [-0.25, -0.2) is 0 Å². The second kappa shape index (κ2) is 9.08. The maximum absolute atomic E-state index is 12.4. The predicted octanol–water partition coefficient (Wildman–Crippen LogP) is 3.23. The van der Waals surface area contributed by atoms with Crippen LogP contribution >= 0.6 is 0 Å². The van der Waals surface area contributed by atoms with Crippen molar-refractivity contribution in [3.05, 3.63) is 59.7 Å². The molecule has 1 amide bonds. The van der Waals surface area contributed by atoms with Crippen molar-refractivity contribution in [3.63, 3.8) is 0 Å². The molecule has 2 aromatic carbocycles. The third kappa shape index (κ3) is 5.50.